The first-order valence-electron chi connectivity index (χ1n) is 9.45. The Balaban J connectivity index is 0. The number of phosphoric ester groups is 1. The van der Waals surface area contributed by atoms with Crippen molar-refractivity contribution in [2.45, 2.75) is 104 Å². The molecular formula is C18H42NO4P. The molecule has 2 unspecified atom stereocenters. The van der Waals surface area contributed by atoms with Crippen LogP contribution < -0.4 is 6.15 Å². The van der Waals surface area contributed by atoms with Crippen molar-refractivity contribution in [2.24, 2.45) is 11.8 Å². The summed E-state index contributed by atoms with van der Waals surface area (Å²) in [6, 6.07) is 0. The molecular weight excluding hydrogens is 325 g/mol. The molecule has 0 aromatic heterocycles. The van der Waals surface area contributed by atoms with Gasteiger partial charge in [0.1, 0.15) is 0 Å². The van der Waals surface area contributed by atoms with E-state index in [-0.39, 0.29) is 6.15 Å². The molecule has 0 amide bonds. The molecule has 148 valence electrons. The summed E-state index contributed by atoms with van der Waals surface area (Å²) in [7, 11) is -4.47. The van der Waals surface area contributed by atoms with Crippen LogP contribution in [0, 0.1) is 11.8 Å². The van der Waals surface area contributed by atoms with Crippen LogP contribution in [0.3, 0.4) is 0 Å². The lowest BCUT2D eigenvalue weighted by Gasteiger charge is -2.36. The van der Waals surface area contributed by atoms with E-state index in [1.54, 1.807) is 0 Å². The fourth-order valence-electron chi connectivity index (χ4n) is 3.55. The van der Waals surface area contributed by atoms with Crippen molar-refractivity contribution in [3.63, 3.8) is 0 Å². The average molecular weight is 368 g/mol. The summed E-state index contributed by atoms with van der Waals surface area (Å²) in [6.45, 7) is 10.6. The highest BCUT2D eigenvalue weighted by Gasteiger charge is 2.36. The molecule has 0 aliphatic heterocycles. The van der Waals surface area contributed by atoms with E-state index in [9.17, 15) is 14.4 Å². The van der Waals surface area contributed by atoms with Gasteiger partial charge in [0, 0.05) is 0 Å². The van der Waals surface area contributed by atoms with E-state index >= 15 is 0 Å². The van der Waals surface area contributed by atoms with Crippen LogP contribution in [-0.2, 0) is 9.09 Å². The van der Waals surface area contributed by atoms with Crippen molar-refractivity contribution in [1.29, 1.82) is 0 Å². The van der Waals surface area contributed by atoms with Crippen molar-refractivity contribution in [1.82, 2.24) is 6.15 Å². The lowest BCUT2D eigenvalue weighted by molar-refractivity contribution is 0.00473. The second-order valence-corrected chi connectivity index (χ2v) is 8.44. The summed E-state index contributed by atoms with van der Waals surface area (Å²) in [5, 5.41) is 0. The van der Waals surface area contributed by atoms with Crippen LogP contribution >= 0.6 is 7.82 Å². The highest BCUT2D eigenvalue weighted by Crippen LogP contribution is 2.47. The van der Waals surface area contributed by atoms with Gasteiger partial charge in [0.05, 0.1) is 5.60 Å². The highest BCUT2D eigenvalue weighted by atomic mass is 31.2. The Kier molecular flexibility index (Phi) is 14.6. The molecule has 0 aromatic rings. The maximum atomic E-state index is 11.5. The molecule has 24 heavy (non-hydrogen) atoms. The monoisotopic (exact) mass is 367 g/mol. The molecule has 0 saturated carbocycles. The molecule has 0 bridgehead atoms. The van der Waals surface area contributed by atoms with E-state index in [0.29, 0.717) is 11.8 Å². The summed E-state index contributed by atoms with van der Waals surface area (Å²) < 4.78 is 16.8. The van der Waals surface area contributed by atoms with Crippen LogP contribution in [0.1, 0.15) is 98.8 Å². The number of hydrogen-bond acceptors (Lipinski definition) is 3. The van der Waals surface area contributed by atoms with Gasteiger partial charge in [-0.2, -0.15) is 0 Å². The fraction of sp³-hybridized carbons (Fsp3) is 1.00. The van der Waals surface area contributed by atoms with Gasteiger partial charge >= 0.3 is 7.82 Å². The van der Waals surface area contributed by atoms with Gasteiger partial charge in [-0.25, -0.2) is 4.57 Å². The molecule has 6 heteroatoms. The number of unbranched alkanes of at least 4 members (excludes halogenated alkanes) is 2. The first-order valence-corrected chi connectivity index (χ1v) is 11.0. The summed E-state index contributed by atoms with van der Waals surface area (Å²) in [4.78, 5) is 18.7. The van der Waals surface area contributed by atoms with Crippen molar-refractivity contribution in [2.75, 3.05) is 0 Å². The largest absolute Gasteiger partial charge is 0.470 e. The molecule has 0 aliphatic rings. The predicted molar refractivity (Wildman–Crippen MR) is 102 cm³/mol. The zero-order valence-electron chi connectivity index (χ0n) is 16.6. The molecule has 0 heterocycles. The van der Waals surface area contributed by atoms with Crippen LogP contribution in [0.5, 0.6) is 0 Å². The van der Waals surface area contributed by atoms with Crippen molar-refractivity contribution >= 4 is 7.82 Å². The number of hydrogen-bond donors (Lipinski definition) is 3. The van der Waals surface area contributed by atoms with Gasteiger partial charge in [-0.15, -0.1) is 0 Å². The summed E-state index contributed by atoms with van der Waals surface area (Å²) >= 11 is 0. The molecule has 0 aromatic carbocycles. The van der Waals surface area contributed by atoms with Gasteiger partial charge in [-0.3, -0.25) is 4.52 Å². The van der Waals surface area contributed by atoms with E-state index in [0.717, 1.165) is 64.2 Å². The Morgan fingerprint density at radius 1 is 0.917 bits per heavy atom. The number of phosphoric acid groups is 1. The third kappa shape index (κ3) is 12.4. The lowest BCUT2D eigenvalue weighted by atomic mass is 9.80. The van der Waals surface area contributed by atoms with Crippen LogP contribution in [0.25, 0.3) is 0 Å². The Morgan fingerprint density at radius 3 is 1.54 bits per heavy atom. The maximum Gasteiger partial charge on any atom is 0.470 e. The summed E-state index contributed by atoms with van der Waals surface area (Å²) in [5.41, 5.74) is -0.734. The average Bonchev–Trinajstić information content (AvgIpc) is 2.45. The van der Waals surface area contributed by atoms with Crippen LogP contribution in [-0.4, -0.2) is 15.4 Å². The van der Waals surface area contributed by atoms with Gasteiger partial charge < -0.3 is 15.9 Å². The standard InChI is InChI=1S/C18H39O4P.H3N/c1-6-10-12-16(8-3)14-18(5,22-23(19,20)21)15-17(9-4)13-11-7-2;/h16-17H,6-15H2,1-5H3,(H2,19,20,21);1H3. The van der Waals surface area contributed by atoms with Crippen LogP contribution in [0.15, 0.2) is 0 Å². The van der Waals surface area contributed by atoms with E-state index in [1.165, 1.54) is 0 Å². The quantitative estimate of drug-likeness (QED) is 0.316. The van der Waals surface area contributed by atoms with E-state index in [4.69, 9.17) is 4.52 Å². The molecule has 0 aliphatic carbocycles. The molecule has 0 spiro atoms. The van der Waals surface area contributed by atoms with Gasteiger partial charge in [0.25, 0.3) is 0 Å². The number of rotatable bonds is 14. The fourth-order valence-corrected chi connectivity index (χ4v) is 4.28. The molecule has 0 fully saturated rings. The van der Waals surface area contributed by atoms with Crippen LogP contribution in [0.2, 0.25) is 0 Å². The first kappa shape index (κ1) is 26.3. The smallest absolute Gasteiger partial charge is 0.344 e. The molecule has 5 N–H and O–H groups in total. The highest BCUT2D eigenvalue weighted by molar-refractivity contribution is 7.46. The van der Waals surface area contributed by atoms with Gasteiger partial charge in [-0.05, 0) is 31.6 Å². The topological polar surface area (TPSA) is 102 Å². The molecule has 0 rings (SSSR count). The Labute approximate surface area is 149 Å². The Hall–Kier alpha value is 0.0700. The van der Waals surface area contributed by atoms with Gasteiger partial charge in [0.2, 0.25) is 0 Å². The van der Waals surface area contributed by atoms with E-state index in [1.807, 2.05) is 6.92 Å². The summed E-state index contributed by atoms with van der Waals surface area (Å²) in [6.07, 6.45) is 10.4. The second-order valence-electron chi connectivity index (χ2n) is 7.27. The van der Waals surface area contributed by atoms with E-state index in [2.05, 4.69) is 27.7 Å². The molecule has 0 saturated heterocycles. The Morgan fingerprint density at radius 2 is 1.29 bits per heavy atom. The van der Waals surface area contributed by atoms with Crippen molar-refractivity contribution < 1.29 is 18.9 Å². The van der Waals surface area contributed by atoms with Gasteiger partial charge in [0.15, 0.2) is 0 Å². The third-order valence-corrected chi connectivity index (χ3v) is 5.55. The van der Waals surface area contributed by atoms with Gasteiger partial charge in [-0.1, -0.05) is 79.1 Å². The zero-order valence-corrected chi connectivity index (χ0v) is 17.5. The minimum Gasteiger partial charge on any atom is -0.344 e. The zero-order chi connectivity index (χ0) is 17.9. The minimum absolute atomic E-state index is 0. The molecule has 0 radical (unpaired) electrons. The normalized spacial score (nSPS) is 17.0. The molecule has 5 nitrogen and oxygen atoms in total. The third-order valence-electron chi connectivity index (χ3n) is 4.87. The maximum absolute atomic E-state index is 11.5. The Bertz CT molecular complexity index is 328. The van der Waals surface area contributed by atoms with Crippen LogP contribution in [0.4, 0.5) is 0 Å². The van der Waals surface area contributed by atoms with Crippen molar-refractivity contribution in [3.8, 4) is 0 Å². The lowest BCUT2D eigenvalue weighted by Crippen LogP contribution is -2.33. The predicted octanol–water partition coefficient (Wildman–Crippen LogP) is 6.23. The first-order chi connectivity index (χ1) is 10.7. The SMILES string of the molecule is CCCCC(CC)CC(C)(CC(CC)CCCC)OP(=O)(O)O.N. The molecule has 2 atom stereocenters. The van der Waals surface area contributed by atoms with Crippen molar-refractivity contribution in [3.05, 3.63) is 0 Å². The summed E-state index contributed by atoms with van der Waals surface area (Å²) in [5.74, 6) is 0.936. The second kappa shape index (κ2) is 13.3. The van der Waals surface area contributed by atoms with E-state index < -0.39 is 13.4 Å². The minimum atomic E-state index is -4.47.